The van der Waals surface area contributed by atoms with E-state index in [1.807, 2.05) is 0 Å². The maximum atomic E-state index is 10.9. The van der Waals surface area contributed by atoms with E-state index < -0.39 is 9.85 Å². The van der Waals surface area contributed by atoms with Crippen molar-refractivity contribution in [2.75, 3.05) is 0 Å². The fourth-order valence-electron chi connectivity index (χ4n) is 2.84. The average Bonchev–Trinajstić information content (AvgIpc) is 2.73. The van der Waals surface area contributed by atoms with Crippen molar-refractivity contribution in [2.24, 2.45) is 0 Å². The second-order valence-electron chi connectivity index (χ2n) is 6.32. The zero-order valence-corrected chi connectivity index (χ0v) is 16.1. The van der Waals surface area contributed by atoms with Crippen molar-refractivity contribution in [1.29, 1.82) is 0 Å². The number of nitro groups is 3. The molecule has 3 aromatic carbocycles. The second kappa shape index (κ2) is 10.4. The summed E-state index contributed by atoms with van der Waals surface area (Å²) in [4.78, 5) is 30.8. The first kappa shape index (κ1) is 22.2. The first-order chi connectivity index (χ1) is 14.3. The van der Waals surface area contributed by atoms with Gasteiger partial charge in [0.15, 0.2) is 0 Å². The van der Waals surface area contributed by atoms with E-state index in [0.717, 1.165) is 0 Å². The van der Waals surface area contributed by atoms with Gasteiger partial charge in [0.25, 0.3) is 17.1 Å². The molecule has 0 fully saturated rings. The minimum atomic E-state index is -0.436. The number of rotatable bonds is 6. The Hall–Kier alpha value is -4.14. The Labute approximate surface area is 172 Å². The van der Waals surface area contributed by atoms with Gasteiger partial charge in [0.2, 0.25) is 0 Å². The molecule has 0 atom stereocenters. The third kappa shape index (κ3) is 5.93. The van der Waals surface area contributed by atoms with Gasteiger partial charge in [-0.15, -0.1) is 0 Å². The molecule has 0 aliphatic carbocycles. The Morgan fingerprint density at radius 2 is 0.900 bits per heavy atom. The highest BCUT2D eigenvalue weighted by atomic mass is 16.6. The quantitative estimate of drug-likeness (QED) is 0.407. The predicted octanol–water partition coefficient (Wildman–Crippen LogP) is 5.19. The minimum absolute atomic E-state index is 0.0473. The van der Waals surface area contributed by atoms with Gasteiger partial charge in [0.1, 0.15) is 0 Å². The molecule has 0 N–H and O–H groups in total. The van der Waals surface area contributed by atoms with Gasteiger partial charge in [-0.25, -0.2) is 0 Å². The molecule has 3 aromatic rings. The summed E-state index contributed by atoms with van der Waals surface area (Å²) in [5.74, 6) is 0. The third-order valence-electron chi connectivity index (χ3n) is 4.35. The topological polar surface area (TPSA) is 129 Å². The maximum Gasteiger partial charge on any atom is 0.272 e. The third-order valence-corrected chi connectivity index (χ3v) is 4.35. The van der Waals surface area contributed by atoms with Crippen LogP contribution in [0.1, 0.15) is 16.7 Å². The second-order valence-corrected chi connectivity index (χ2v) is 6.32. The highest BCUT2D eigenvalue weighted by molar-refractivity contribution is 5.43. The molecule has 0 saturated heterocycles. The van der Waals surface area contributed by atoms with Crippen LogP contribution < -0.4 is 0 Å². The summed E-state index contributed by atoms with van der Waals surface area (Å²) < 4.78 is 0. The van der Waals surface area contributed by atoms with Gasteiger partial charge in [-0.2, -0.15) is 0 Å². The van der Waals surface area contributed by atoms with Crippen LogP contribution in [0.15, 0.2) is 72.8 Å². The fraction of sp³-hybridized carbons (Fsp3) is 0.143. The number of hydrogen-bond acceptors (Lipinski definition) is 6. The van der Waals surface area contributed by atoms with Crippen molar-refractivity contribution in [1.82, 2.24) is 0 Å². The van der Waals surface area contributed by atoms with Crippen molar-refractivity contribution in [3.8, 4) is 0 Å². The lowest BCUT2D eigenvalue weighted by Gasteiger charge is -2.04. The van der Waals surface area contributed by atoms with E-state index in [4.69, 9.17) is 0 Å². The van der Waals surface area contributed by atoms with E-state index in [1.165, 1.54) is 18.2 Å². The van der Waals surface area contributed by atoms with Crippen LogP contribution in [0.4, 0.5) is 17.1 Å². The van der Waals surface area contributed by atoms with Crippen LogP contribution >= 0.6 is 0 Å². The highest BCUT2D eigenvalue weighted by Crippen LogP contribution is 2.23. The van der Waals surface area contributed by atoms with Crippen molar-refractivity contribution in [2.45, 2.75) is 19.8 Å². The molecule has 0 spiro atoms. The molecule has 0 bridgehead atoms. The van der Waals surface area contributed by atoms with E-state index in [0.29, 0.717) is 29.5 Å². The Morgan fingerprint density at radius 1 is 0.567 bits per heavy atom. The number of nitro benzene ring substituents is 3. The smallest absolute Gasteiger partial charge is 0.258 e. The first-order valence-corrected chi connectivity index (χ1v) is 8.96. The molecule has 0 aliphatic rings. The van der Waals surface area contributed by atoms with E-state index in [-0.39, 0.29) is 22.0 Å². The lowest BCUT2D eigenvalue weighted by molar-refractivity contribution is -0.386. The number of para-hydroxylation sites is 3. The van der Waals surface area contributed by atoms with E-state index in [1.54, 1.807) is 61.5 Å². The van der Waals surface area contributed by atoms with Gasteiger partial charge in [-0.05, 0) is 19.8 Å². The molecule has 9 heteroatoms. The lowest BCUT2D eigenvalue weighted by atomic mass is 10.0. The van der Waals surface area contributed by atoms with Crippen LogP contribution in [0, 0.1) is 37.3 Å². The summed E-state index contributed by atoms with van der Waals surface area (Å²) in [6.45, 7) is 1.72. The molecule has 0 heterocycles. The van der Waals surface area contributed by atoms with Gasteiger partial charge in [0, 0.05) is 34.9 Å². The number of nitrogens with zero attached hydrogens (tertiary/aromatic N) is 3. The van der Waals surface area contributed by atoms with Gasteiger partial charge in [-0.1, -0.05) is 54.6 Å². The van der Waals surface area contributed by atoms with Crippen LogP contribution in [-0.2, 0) is 12.8 Å². The largest absolute Gasteiger partial charge is 0.272 e. The van der Waals surface area contributed by atoms with Gasteiger partial charge in [0.05, 0.1) is 14.8 Å². The van der Waals surface area contributed by atoms with Gasteiger partial charge < -0.3 is 0 Å². The standard InChI is InChI=1S/C14H12N2O4.C7H7NO2/c17-15(18)13-7-3-1-5-11(13)9-10-12-6-2-4-8-14(12)16(19)20;1-6-4-2-3-5-7(6)8(9)10/h1-8H,9-10H2;2-5H,1H3. The maximum absolute atomic E-state index is 10.9. The number of hydrogen-bond donors (Lipinski definition) is 0. The van der Waals surface area contributed by atoms with Crippen LogP contribution in [-0.4, -0.2) is 14.8 Å². The molecular weight excluding hydrogens is 390 g/mol. The molecule has 0 unspecified atom stereocenters. The SMILES string of the molecule is Cc1ccccc1[N+](=O)[O-].O=[N+]([O-])c1ccccc1CCc1ccccc1[N+](=O)[O-]. The number of aryl methyl sites for hydroxylation is 3. The molecule has 0 saturated carbocycles. The van der Waals surface area contributed by atoms with Crippen LogP contribution in [0.25, 0.3) is 0 Å². The molecule has 3 rings (SSSR count). The first-order valence-electron chi connectivity index (χ1n) is 8.96. The summed E-state index contributed by atoms with van der Waals surface area (Å²) >= 11 is 0. The van der Waals surface area contributed by atoms with Crippen LogP contribution in [0.5, 0.6) is 0 Å². The van der Waals surface area contributed by atoms with Crippen molar-refractivity contribution in [3.05, 3.63) is 120 Å². The Kier molecular flexibility index (Phi) is 7.69. The summed E-state index contributed by atoms with van der Waals surface area (Å²) in [6.07, 6.45) is 0.782. The van der Waals surface area contributed by atoms with E-state index in [9.17, 15) is 30.3 Å². The Bertz CT molecular complexity index is 1010. The highest BCUT2D eigenvalue weighted by Gasteiger charge is 2.16. The lowest BCUT2D eigenvalue weighted by Crippen LogP contribution is -2.00. The predicted molar refractivity (Wildman–Crippen MR) is 111 cm³/mol. The molecular formula is C21H19N3O6. The average molecular weight is 409 g/mol. The van der Waals surface area contributed by atoms with E-state index >= 15 is 0 Å². The molecule has 0 aromatic heterocycles. The molecule has 30 heavy (non-hydrogen) atoms. The van der Waals surface area contributed by atoms with Crippen LogP contribution in [0.2, 0.25) is 0 Å². The Balaban J connectivity index is 0.000000269. The summed E-state index contributed by atoms with van der Waals surface area (Å²) in [7, 11) is 0. The summed E-state index contributed by atoms with van der Waals surface area (Å²) in [6, 6.07) is 19.5. The molecule has 154 valence electrons. The Morgan fingerprint density at radius 3 is 1.23 bits per heavy atom. The molecule has 9 nitrogen and oxygen atoms in total. The zero-order chi connectivity index (χ0) is 22.1. The van der Waals surface area contributed by atoms with Crippen molar-refractivity contribution < 1.29 is 14.8 Å². The van der Waals surface area contributed by atoms with Gasteiger partial charge >= 0.3 is 0 Å². The van der Waals surface area contributed by atoms with E-state index in [2.05, 4.69) is 0 Å². The molecule has 0 aliphatic heterocycles. The number of benzene rings is 3. The van der Waals surface area contributed by atoms with Gasteiger partial charge in [-0.3, -0.25) is 30.3 Å². The molecule has 0 radical (unpaired) electrons. The van der Waals surface area contributed by atoms with Crippen molar-refractivity contribution in [3.63, 3.8) is 0 Å². The molecule has 0 amide bonds. The summed E-state index contributed by atoms with van der Waals surface area (Å²) in [5, 5.41) is 32.0. The summed E-state index contributed by atoms with van der Waals surface area (Å²) in [5.41, 5.74) is 2.14. The monoisotopic (exact) mass is 409 g/mol. The van der Waals surface area contributed by atoms with Crippen LogP contribution in [0.3, 0.4) is 0 Å². The normalized spacial score (nSPS) is 9.90. The fourth-order valence-corrected chi connectivity index (χ4v) is 2.84. The zero-order valence-electron chi connectivity index (χ0n) is 16.1. The van der Waals surface area contributed by atoms with Crippen molar-refractivity contribution >= 4 is 17.1 Å². The minimum Gasteiger partial charge on any atom is -0.258 e.